The number of benzene rings is 3. The molecule has 0 N–H and O–H groups in total. The summed E-state index contributed by atoms with van der Waals surface area (Å²) in [5, 5.41) is 1.09. The first-order valence-electron chi connectivity index (χ1n) is 14.3. The Morgan fingerprint density at radius 1 is 0.725 bits per heavy atom. The molecule has 0 spiro atoms. The Labute approximate surface area is 258 Å². The van der Waals surface area contributed by atoms with Crippen LogP contribution in [0.3, 0.4) is 0 Å². The Bertz CT molecular complexity index is 1510. The minimum atomic E-state index is -1.70. The standard InChI is InChI=1S/C19H26NSi.C17H12N.Ir/c1-19(2,3)13-16-12-17(15-10-8-7-9-11-15)20-14-18(16)21(4,5)6;1-3-7-14(8-4-1)16-11-12-18-17(13-16)15-9-5-2-6-10-15;/h7-10,12,14H,13H2,1-6H3;1-9,11-13H;/q2*-1;/i13D2;;. The smallest absolute Gasteiger partial charge is 0.0798 e. The van der Waals surface area contributed by atoms with Gasteiger partial charge in [-0.05, 0) is 45.6 Å². The Morgan fingerprint density at radius 3 is 1.82 bits per heavy atom. The molecule has 5 aromatic rings. The van der Waals surface area contributed by atoms with Gasteiger partial charge in [-0.1, -0.05) is 88.4 Å². The van der Waals surface area contributed by atoms with Crippen LogP contribution in [0.5, 0.6) is 0 Å². The number of nitrogens with zero attached hydrogens (tertiary/aromatic N) is 2. The summed E-state index contributed by atoms with van der Waals surface area (Å²) in [6.45, 7) is 12.6. The maximum atomic E-state index is 8.75. The molecule has 0 atom stereocenters. The summed E-state index contributed by atoms with van der Waals surface area (Å²) in [6, 6.07) is 38.4. The second kappa shape index (κ2) is 13.9. The minimum absolute atomic E-state index is 0. The fourth-order valence-corrected chi connectivity index (χ4v) is 5.60. The van der Waals surface area contributed by atoms with Crippen molar-refractivity contribution in [1.82, 2.24) is 9.97 Å². The van der Waals surface area contributed by atoms with Crippen molar-refractivity contribution < 1.29 is 22.8 Å². The van der Waals surface area contributed by atoms with Crippen molar-refractivity contribution in [2.24, 2.45) is 5.41 Å². The number of aromatic nitrogens is 2. The Balaban J connectivity index is 0.000000231. The molecule has 2 aromatic heterocycles. The summed E-state index contributed by atoms with van der Waals surface area (Å²) in [5.41, 5.74) is 6.35. The Kier molecular flexibility index (Phi) is 9.88. The van der Waals surface area contributed by atoms with Crippen molar-refractivity contribution in [2.45, 2.75) is 46.8 Å². The molecule has 0 amide bonds. The SMILES string of the molecule is [2H]C([2H])(c1cc(-c2[c-]cccc2)ncc1[Si](C)(C)C)C(C)(C)C.[Ir].[c-]1ccccc1-c1cc(-c2ccccc2)ccn1. The van der Waals surface area contributed by atoms with E-state index in [1.54, 1.807) is 0 Å². The normalized spacial score (nSPS) is 12.2. The van der Waals surface area contributed by atoms with Gasteiger partial charge in [0.15, 0.2) is 0 Å². The van der Waals surface area contributed by atoms with Gasteiger partial charge in [-0.15, -0.1) is 71.8 Å². The molecule has 1 radical (unpaired) electrons. The fourth-order valence-electron chi connectivity index (χ4n) is 4.20. The van der Waals surface area contributed by atoms with Gasteiger partial charge in [0.25, 0.3) is 0 Å². The molecule has 40 heavy (non-hydrogen) atoms. The van der Waals surface area contributed by atoms with Crippen molar-refractivity contribution >= 4 is 13.3 Å². The summed E-state index contributed by atoms with van der Waals surface area (Å²) >= 11 is 0. The third-order valence-corrected chi connectivity index (χ3v) is 8.07. The van der Waals surface area contributed by atoms with E-state index >= 15 is 0 Å². The largest absolute Gasteiger partial charge is 0.305 e. The van der Waals surface area contributed by atoms with Gasteiger partial charge in [-0.3, -0.25) is 0 Å². The summed E-state index contributed by atoms with van der Waals surface area (Å²) in [5.74, 6) is 0. The molecule has 0 saturated heterocycles. The van der Waals surface area contributed by atoms with Gasteiger partial charge < -0.3 is 9.97 Å². The van der Waals surface area contributed by atoms with Crippen LogP contribution < -0.4 is 5.19 Å². The van der Waals surface area contributed by atoms with Crippen LogP contribution in [0.15, 0.2) is 109 Å². The Morgan fingerprint density at radius 2 is 1.30 bits per heavy atom. The first-order chi connectivity index (χ1) is 19.4. The van der Waals surface area contributed by atoms with E-state index in [4.69, 9.17) is 2.74 Å². The van der Waals surface area contributed by atoms with E-state index in [0.717, 1.165) is 33.3 Å². The number of rotatable bonds is 5. The van der Waals surface area contributed by atoms with Crippen LogP contribution in [0, 0.1) is 17.5 Å². The van der Waals surface area contributed by atoms with E-state index in [0.29, 0.717) is 0 Å². The molecule has 0 aliphatic carbocycles. The van der Waals surface area contributed by atoms with Crippen LogP contribution in [0.1, 0.15) is 29.1 Å². The quantitative estimate of drug-likeness (QED) is 0.134. The predicted molar refractivity (Wildman–Crippen MR) is 169 cm³/mol. The second-order valence-electron chi connectivity index (χ2n) is 11.6. The monoisotopic (exact) mass is 721 g/mol. The summed E-state index contributed by atoms with van der Waals surface area (Å²) in [4.78, 5) is 9.01. The topological polar surface area (TPSA) is 25.8 Å². The zero-order chi connectivity index (χ0) is 29.7. The van der Waals surface area contributed by atoms with E-state index in [9.17, 15) is 0 Å². The van der Waals surface area contributed by atoms with Crippen molar-refractivity contribution in [2.75, 3.05) is 0 Å². The third kappa shape index (κ3) is 8.92. The summed E-state index contributed by atoms with van der Waals surface area (Å²) < 4.78 is 17.5. The van der Waals surface area contributed by atoms with Gasteiger partial charge in [-0.25, -0.2) is 0 Å². The average molecular weight is 721 g/mol. The van der Waals surface area contributed by atoms with E-state index in [-0.39, 0.29) is 20.1 Å². The van der Waals surface area contributed by atoms with Gasteiger partial charge in [0, 0.05) is 35.2 Å². The number of pyridine rings is 2. The molecule has 2 nitrogen and oxygen atoms in total. The molecule has 4 heteroatoms. The molecule has 0 aliphatic heterocycles. The zero-order valence-corrected chi connectivity index (χ0v) is 27.5. The van der Waals surface area contributed by atoms with E-state index in [1.807, 2.05) is 112 Å². The van der Waals surface area contributed by atoms with Crippen LogP contribution in [0.25, 0.3) is 33.6 Å². The van der Waals surface area contributed by atoms with E-state index in [2.05, 4.69) is 59.9 Å². The molecule has 3 aromatic carbocycles. The number of hydrogen-bond acceptors (Lipinski definition) is 2. The first-order valence-corrected chi connectivity index (χ1v) is 16.8. The average Bonchev–Trinajstić information content (AvgIpc) is 2.97. The van der Waals surface area contributed by atoms with Gasteiger partial charge in [0.1, 0.15) is 0 Å². The maximum Gasteiger partial charge on any atom is 0.0798 e. The van der Waals surface area contributed by atoms with Crippen molar-refractivity contribution in [3.8, 4) is 33.6 Å². The molecular weight excluding hydrogens is 681 g/mol. The van der Waals surface area contributed by atoms with Crippen LogP contribution in [-0.4, -0.2) is 18.0 Å². The van der Waals surface area contributed by atoms with Crippen molar-refractivity contribution in [1.29, 1.82) is 0 Å². The fraction of sp³-hybridized carbons (Fsp3) is 0.222. The molecule has 0 saturated carbocycles. The van der Waals surface area contributed by atoms with Gasteiger partial charge >= 0.3 is 0 Å². The molecule has 0 bridgehead atoms. The minimum Gasteiger partial charge on any atom is -0.305 e. The Hall–Kier alpha value is -3.17. The van der Waals surface area contributed by atoms with Crippen LogP contribution >= 0.6 is 0 Å². The predicted octanol–water partition coefficient (Wildman–Crippen LogP) is 8.90. The van der Waals surface area contributed by atoms with Gasteiger partial charge in [-0.2, -0.15) is 0 Å². The van der Waals surface area contributed by atoms with Crippen LogP contribution in [-0.2, 0) is 26.5 Å². The molecule has 0 unspecified atom stereocenters. The molecule has 2 heterocycles. The third-order valence-electron chi connectivity index (χ3n) is 6.06. The van der Waals surface area contributed by atoms with Crippen LogP contribution in [0.4, 0.5) is 0 Å². The maximum absolute atomic E-state index is 8.75. The first kappa shape index (κ1) is 28.4. The van der Waals surface area contributed by atoms with Crippen molar-refractivity contribution in [3.05, 3.63) is 127 Å². The molecule has 0 fully saturated rings. The summed E-state index contributed by atoms with van der Waals surface area (Å²) in [6.07, 6.45) is 2.31. The second-order valence-corrected chi connectivity index (χ2v) is 16.6. The van der Waals surface area contributed by atoms with Gasteiger partial charge in [0.2, 0.25) is 0 Å². The molecular formula is C36H38IrN2Si-2. The van der Waals surface area contributed by atoms with E-state index < -0.39 is 19.9 Å². The van der Waals surface area contributed by atoms with Gasteiger partial charge in [0.05, 0.1) is 8.07 Å². The zero-order valence-electron chi connectivity index (χ0n) is 26.1. The number of hydrogen-bond donors (Lipinski definition) is 0. The van der Waals surface area contributed by atoms with Crippen molar-refractivity contribution in [3.63, 3.8) is 0 Å². The summed E-state index contributed by atoms with van der Waals surface area (Å²) in [7, 11) is -1.70. The molecule has 0 aliphatic rings. The van der Waals surface area contributed by atoms with E-state index in [1.165, 1.54) is 11.1 Å². The molecule has 207 valence electrons. The molecule has 5 rings (SSSR count). The van der Waals surface area contributed by atoms with Crippen LogP contribution in [0.2, 0.25) is 19.6 Å².